The fourth-order valence-electron chi connectivity index (χ4n) is 3.01. The van der Waals surface area contributed by atoms with E-state index in [1.54, 1.807) is 5.54 Å². The minimum absolute atomic E-state index is 0.0134. The average Bonchev–Trinajstić information content (AvgIpc) is 2.48. The van der Waals surface area contributed by atoms with Gasteiger partial charge < -0.3 is 5.32 Å². The molecule has 110 valence electrons. The van der Waals surface area contributed by atoms with Crippen molar-refractivity contribution in [1.29, 1.82) is 0 Å². The molecule has 1 aromatic rings. The van der Waals surface area contributed by atoms with Crippen LogP contribution in [0.1, 0.15) is 32.8 Å². The predicted molar refractivity (Wildman–Crippen MR) is 87.1 cm³/mol. The highest BCUT2D eigenvalue weighted by Crippen LogP contribution is 2.27. The normalized spacial score (nSPS) is 28.6. The van der Waals surface area contributed by atoms with Crippen LogP contribution in [-0.2, 0) is 5.54 Å². The fourth-order valence-corrected chi connectivity index (χ4v) is 3.07. The maximum Gasteiger partial charge on any atom is 0.0535 e. The molecule has 2 nitrogen and oxygen atoms in total. The summed E-state index contributed by atoms with van der Waals surface area (Å²) in [5.74, 6) is 0. The molecule has 1 fully saturated rings. The van der Waals surface area contributed by atoms with Gasteiger partial charge in [0.15, 0.2) is 0 Å². The van der Waals surface area contributed by atoms with Gasteiger partial charge >= 0.3 is 0 Å². The summed E-state index contributed by atoms with van der Waals surface area (Å²) in [6.45, 7) is 9.63. The minimum Gasteiger partial charge on any atom is -0.305 e. The highest BCUT2D eigenvalue weighted by Gasteiger charge is 2.36. The molecule has 20 heavy (non-hydrogen) atoms. The molecule has 0 spiro atoms. The molecular formula is C17H25ClN2. The Labute approximate surface area is 127 Å². The van der Waals surface area contributed by atoms with Crippen LogP contribution in [0.25, 0.3) is 0 Å². The molecule has 3 heteroatoms. The molecule has 1 aliphatic heterocycles. The van der Waals surface area contributed by atoms with Crippen molar-refractivity contribution < 1.29 is 0 Å². The molecule has 0 saturated carbocycles. The van der Waals surface area contributed by atoms with E-state index in [4.69, 9.17) is 11.6 Å². The first-order valence-corrected chi connectivity index (χ1v) is 7.83. The van der Waals surface area contributed by atoms with Gasteiger partial charge in [-0.05, 0) is 31.4 Å². The predicted octanol–water partition coefficient (Wildman–Crippen LogP) is 3.73. The third-order valence-electron chi connectivity index (χ3n) is 4.28. The zero-order chi connectivity index (χ0) is 14.6. The Morgan fingerprint density at radius 1 is 1.45 bits per heavy atom. The number of benzene rings is 1. The summed E-state index contributed by atoms with van der Waals surface area (Å²) in [5, 5.41) is 3.74. The monoisotopic (exact) mass is 292 g/mol. The Morgan fingerprint density at radius 3 is 2.75 bits per heavy atom. The molecule has 0 amide bonds. The number of halogens is 1. The first kappa shape index (κ1) is 15.6. The van der Waals surface area contributed by atoms with Crippen molar-refractivity contribution in [2.24, 2.45) is 0 Å². The molecule has 0 aromatic heterocycles. The Kier molecular flexibility index (Phi) is 5.25. The maximum atomic E-state index is 5.85. The summed E-state index contributed by atoms with van der Waals surface area (Å²) >= 11 is 5.85. The smallest absolute Gasteiger partial charge is 0.0535 e. The number of nitrogens with one attached hydrogen (secondary N) is 1. The topological polar surface area (TPSA) is 15.3 Å². The van der Waals surface area contributed by atoms with E-state index in [2.05, 4.69) is 61.3 Å². The molecule has 1 aliphatic rings. The van der Waals surface area contributed by atoms with Gasteiger partial charge in [0.1, 0.15) is 0 Å². The van der Waals surface area contributed by atoms with Crippen LogP contribution in [-0.4, -0.2) is 30.6 Å². The van der Waals surface area contributed by atoms with Gasteiger partial charge in [-0.2, -0.15) is 0 Å². The van der Waals surface area contributed by atoms with E-state index in [0.717, 1.165) is 26.1 Å². The lowest BCUT2D eigenvalue weighted by Crippen LogP contribution is -2.61. The van der Waals surface area contributed by atoms with Crippen LogP contribution in [0, 0.1) is 0 Å². The Morgan fingerprint density at radius 2 is 2.15 bits per heavy atom. The van der Waals surface area contributed by atoms with E-state index >= 15 is 0 Å². The van der Waals surface area contributed by atoms with Crippen LogP contribution in [0.3, 0.4) is 0 Å². The second-order valence-corrected chi connectivity index (χ2v) is 6.22. The standard InChI is InChI=1S/C17H25ClN2/c1-4-16-11-19-17(3,15-8-6-5-7-9-15)13-20(16)12-14(2)10-18/h5-10,16,19H,4,11-13H2,1-3H3/b14-10+. The highest BCUT2D eigenvalue weighted by molar-refractivity contribution is 6.25. The van der Waals surface area contributed by atoms with E-state index in [9.17, 15) is 0 Å². The molecule has 0 aliphatic carbocycles. The van der Waals surface area contributed by atoms with Crippen molar-refractivity contribution >= 4 is 11.6 Å². The highest BCUT2D eigenvalue weighted by atomic mass is 35.5. The summed E-state index contributed by atoms with van der Waals surface area (Å²) in [7, 11) is 0. The second kappa shape index (κ2) is 6.75. The van der Waals surface area contributed by atoms with Gasteiger partial charge in [-0.1, -0.05) is 48.9 Å². The fraction of sp³-hybridized carbons (Fsp3) is 0.529. The maximum absolute atomic E-state index is 5.85. The van der Waals surface area contributed by atoms with Crippen molar-refractivity contribution in [2.45, 2.75) is 38.8 Å². The van der Waals surface area contributed by atoms with Gasteiger partial charge in [0.2, 0.25) is 0 Å². The van der Waals surface area contributed by atoms with E-state index in [0.29, 0.717) is 6.04 Å². The zero-order valence-electron chi connectivity index (χ0n) is 12.7. The average molecular weight is 293 g/mol. The van der Waals surface area contributed by atoms with Gasteiger partial charge in [0.05, 0.1) is 5.54 Å². The van der Waals surface area contributed by atoms with Gasteiger partial charge in [-0.3, -0.25) is 4.90 Å². The zero-order valence-corrected chi connectivity index (χ0v) is 13.5. The first-order valence-electron chi connectivity index (χ1n) is 7.39. The van der Waals surface area contributed by atoms with Crippen LogP contribution in [0.4, 0.5) is 0 Å². The van der Waals surface area contributed by atoms with Gasteiger partial charge in [-0.15, -0.1) is 0 Å². The summed E-state index contributed by atoms with van der Waals surface area (Å²) in [6.07, 6.45) is 1.16. The van der Waals surface area contributed by atoms with Crippen molar-refractivity contribution in [3.63, 3.8) is 0 Å². The van der Waals surface area contributed by atoms with Gasteiger partial charge in [-0.25, -0.2) is 0 Å². The van der Waals surface area contributed by atoms with Crippen LogP contribution in [0.2, 0.25) is 0 Å². The van der Waals surface area contributed by atoms with Crippen LogP contribution in [0.5, 0.6) is 0 Å². The molecule has 1 aromatic carbocycles. The Hall–Kier alpha value is -0.830. The van der Waals surface area contributed by atoms with Crippen molar-refractivity contribution in [3.05, 3.63) is 47.0 Å². The third-order valence-corrected chi connectivity index (χ3v) is 4.66. The molecule has 0 bridgehead atoms. The van der Waals surface area contributed by atoms with E-state index in [1.807, 2.05) is 0 Å². The lowest BCUT2D eigenvalue weighted by Gasteiger charge is -2.46. The van der Waals surface area contributed by atoms with Crippen molar-refractivity contribution in [2.75, 3.05) is 19.6 Å². The molecule has 2 unspecified atom stereocenters. The summed E-state index contributed by atoms with van der Waals surface area (Å²) in [4.78, 5) is 2.55. The number of hydrogen-bond acceptors (Lipinski definition) is 2. The number of hydrogen-bond donors (Lipinski definition) is 1. The molecule has 0 radical (unpaired) electrons. The largest absolute Gasteiger partial charge is 0.305 e. The molecular weight excluding hydrogens is 268 g/mol. The third kappa shape index (κ3) is 3.43. The second-order valence-electron chi connectivity index (χ2n) is 6.00. The van der Waals surface area contributed by atoms with Crippen LogP contribution < -0.4 is 5.32 Å². The lowest BCUT2D eigenvalue weighted by molar-refractivity contribution is 0.0923. The van der Waals surface area contributed by atoms with E-state index in [1.165, 1.54) is 11.1 Å². The van der Waals surface area contributed by atoms with E-state index in [-0.39, 0.29) is 5.54 Å². The van der Waals surface area contributed by atoms with Crippen LogP contribution >= 0.6 is 11.6 Å². The molecule has 1 N–H and O–H groups in total. The quantitative estimate of drug-likeness (QED) is 0.910. The number of nitrogens with zero attached hydrogens (tertiary/aromatic N) is 1. The Bertz CT molecular complexity index is 457. The molecule has 1 heterocycles. The van der Waals surface area contributed by atoms with Gasteiger partial charge in [0.25, 0.3) is 0 Å². The minimum atomic E-state index is 0.0134. The number of rotatable bonds is 4. The van der Waals surface area contributed by atoms with Crippen molar-refractivity contribution in [3.8, 4) is 0 Å². The summed E-state index contributed by atoms with van der Waals surface area (Å²) in [6, 6.07) is 11.3. The molecule has 2 atom stereocenters. The van der Waals surface area contributed by atoms with Gasteiger partial charge in [0, 0.05) is 31.2 Å². The molecule has 1 saturated heterocycles. The Balaban J connectivity index is 2.18. The summed E-state index contributed by atoms with van der Waals surface area (Å²) in [5.41, 5.74) is 4.29. The SMILES string of the molecule is CCC1CNC(C)(c2ccccc2)CN1C/C(C)=C/Cl. The van der Waals surface area contributed by atoms with E-state index < -0.39 is 0 Å². The summed E-state index contributed by atoms with van der Waals surface area (Å²) < 4.78 is 0. The lowest BCUT2D eigenvalue weighted by atomic mass is 9.87. The molecule has 2 rings (SSSR count). The van der Waals surface area contributed by atoms with Crippen molar-refractivity contribution in [1.82, 2.24) is 10.2 Å². The first-order chi connectivity index (χ1) is 9.59. The van der Waals surface area contributed by atoms with Crippen LogP contribution in [0.15, 0.2) is 41.4 Å². The number of piperazine rings is 1.